The van der Waals surface area contributed by atoms with Gasteiger partial charge >= 0.3 is 0 Å². The van der Waals surface area contributed by atoms with Gasteiger partial charge in [-0.05, 0) is 114 Å². The van der Waals surface area contributed by atoms with Gasteiger partial charge in [0.25, 0.3) is 0 Å². The molecule has 2 aromatic heterocycles. The van der Waals surface area contributed by atoms with Crippen molar-refractivity contribution in [2.75, 3.05) is 4.90 Å². The van der Waals surface area contributed by atoms with E-state index in [9.17, 15) is 0 Å². The maximum Gasteiger partial charge on any atom is 0.143 e. The van der Waals surface area contributed by atoms with Crippen molar-refractivity contribution in [3.05, 3.63) is 169 Å². The molecule has 55 heavy (non-hydrogen) atoms. The maximum atomic E-state index is 6.59. The summed E-state index contributed by atoms with van der Waals surface area (Å²) in [4.78, 5) is 2.60. The molecule has 9 aromatic rings. The van der Waals surface area contributed by atoms with E-state index in [-0.39, 0.29) is 5.41 Å². The molecule has 262 valence electrons. The van der Waals surface area contributed by atoms with Gasteiger partial charge in [-0.15, -0.1) is 0 Å². The van der Waals surface area contributed by atoms with Crippen LogP contribution < -0.4 is 4.90 Å². The molecular weight excluding hydrogens is 669 g/mol. The zero-order valence-electron chi connectivity index (χ0n) is 30.5. The molecule has 4 atom stereocenters. The second-order valence-electron chi connectivity index (χ2n) is 17.5. The number of aromatic nitrogens is 1. The topological polar surface area (TPSA) is 21.3 Å². The van der Waals surface area contributed by atoms with E-state index in [1.165, 1.54) is 71.0 Å². The van der Waals surface area contributed by atoms with Crippen LogP contribution in [0.2, 0.25) is 0 Å². The van der Waals surface area contributed by atoms with Gasteiger partial charge in [0.15, 0.2) is 0 Å². The summed E-state index contributed by atoms with van der Waals surface area (Å²) in [6.07, 6.45) is 7.13. The van der Waals surface area contributed by atoms with Crippen molar-refractivity contribution in [3.63, 3.8) is 0 Å². The highest BCUT2D eigenvalue weighted by Gasteiger charge is 2.88. The Kier molecular flexibility index (Phi) is 5.21. The molecule has 5 saturated carbocycles. The predicted molar refractivity (Wildman–Crippen MR) is 224 cm³/mol. The van der Waals surface area contributed by atoms with E-state index in [1.54, 1.807) is 11.1 Å². The molecule has 0 N–H and O–H groups in total. The highest BCUT2D eigenvalue weighted by atomic mass is 16.3. The third kappa shape index (κ3) is 3.31. The summed E-state index contributed by atoms with van der Waals surface area (Å²) in [7, 11) is 0. The fraction of sp³-hybridized carbons (Fsp3) is 0.192. The van der Waals surface area contributed by atoms with E-state index >= 15 is 0 Å². The lowest BCUT2D eigenvalue weighted by atomic mass is 9.51. The molecule has 1 aliphatic heterocycles. The molecule has 7 aromatic carbocycles. The predicted octanol–water partition coefficient (Wildman–Crippen LogP) is 13.6. The van der Waals surface area contributed by atoms with Gasteiger partial charge in [0.2, 0.25) is 0 Å². The average Bonchev–Trinajstić information content (AvgIpc) is 3.48. The van der Waals surface area contributed by atoms with Crippen LogP contribution in [0.5, 0.6) is 0 Å². The van der Waals surface area contributed by atoms with Gasteiger partial charge in [0, 0.05) is 43.8 Å². The SMILES string of the molecule is c1ccc(-n2c3ccccc3c3cc(N4c5ccccc5C5(c6ccccc64)C4C[C@@H]6CC57C[C@@]7(C4)C6)ccc32)c(-c2cccc3c2oc2ccccc23)c1. The van der Waals surface area contributed by atoms with Gasteiger partial charge in [-0.1, -0.05) is 109 Å². The van der Waals surface area contributed by atoms with E-state index in [0.717, 1.165) is 50.6 Å². The number of benzene rings is 7. The number of hydrogen-bond donors (Lipinski definition) is 0. The lowest BCUT2D eigenvalue weighted by Crippen LogP contribution is -2.49. The molecule has 0 amide bonds. The molecule has 3 nitrogen and oxygen atoms in total. The highest BCUT2D eigenvalue weighted by Crippen LogP contribution is 2.94. The summed E-state index contributed by atoms with van der Waals surface area (Å²) in [5.41, 5.74) is 15.9. The molecule has 3 heterocycles. The van der Waals surface area contributed by atoms with Gasteiger partial charge in [0.1, 0.15) is 11.2 Å². The summed E-state index contributed by atoms with van der Waals surface area (Å²) in [6.45, 7) is 0. The standard InChI is InChI=1S/C52H38N2O/c1-6-19-43(35(12-1)38-15-11-16-39-37-14-3-10-23-48(37)55-49(38)39)54-44-20-7-2-13-36(44)40-27-34(24-25-45(40)54)53-46-21-8-4-17-41(46)52(42-18-5-9-22-47(42)53)33-26-32-28-50(30-33)31-51(50,52)29-32/h1-25,27,32-33H,26,28-31H2/t32-,33?,50-,51?/m0/s1. The van der Waals surface area contributed by atoms with Crippen molar-refractivity contribution in [3.8, 4) is 16.8 Å². The third-order valence-electron chi connectivity index (χ3n) is 15.4. The summed E-state index contributed by atoms with van der Waals surface area (Å²) in [5.74, 6) is 1.68. The zero-order valence-corrected chi connectivity index (χ0v) is 30.5. The van der Waals surface area contributed by atoms with E-state index in [2.05, 4.69) is 161 Å². The first-order valence-electron chi connectivity index (χ1n) is 20.2. The molecule has 15 rings (SSSR count). The van der Waals surface area contributed by atoms with Crippen LogP contribution in [0.3, 0.4) is 0 Å². The Bertz CT molecular complexity index is 3100. The number of nitrogens with zero attached hydrogens (tertiary/aromatic N) is 2. The fourth-order valence-electron chi connectivity index (χ4n) is 13.8. The molecule has 4 bridgehead atoms. The van der Waals surface area contributed by atoms with Crippen LogP contribution >= 0.6 is 0 Å². The number of hydrogen-bond acceptors (Lipinski definition) is 2. The van der Waals surface area contributed by atoms with Crippen LogP contribution in [0.1, 0.15) is 43.2 Å². The number of fused-ring (bicyclic) bond motifs is 8. The number of furan rings is 1. The fourth-order valence-corrected chi connectivity index (χ4v) is 13.8. The van der Waals surface area contributed by atoms with Crippen molar-refractivity contribution in [1.82, 2.24) is 4.57 Å². The third-order valence-corrected chi connectivity index (χ3v) is 15.4. The molecule has 2 unspecified atom stereocenters. The second-order valence-corrected chi connectivity index (χ2v) is 17.5. The van der Waals surface area contributed by atoms with Gasteiger partial charge in [-0.25, -0.2) is 0 Å². The second kappa shape index (κ2) is 9.78. The molecule has 3 spiro atoms. The lowest BCUT2D eigenvalue weighted by Gasteiger charge is -2.54. The summed E-state index contributed by atoms with van der Waals surface area (Å²) in [5, 5.41) is 4.82. The Labute approximate surface area is 319 Å². The summed E-state index contributed by atoms with van der Waals surface area (Å²) < 4.78 is 9.05. The summed E-state index contributed by atoms with van der Waals surface area (Å²) in [6, 6.07) is 58.9. The van der Waals surface area contributed by atoms with Crippen LogP contribution in [0.15, 0.2) is 162 Å². The Hall–Kier alpha value is -6.06. The van der Waals surface area contributed by atoms with Gasteiger partial charge in [-0.2, -0.15) is 0 Å². The van der Waals surface area contributed by atoms with Crippen molar-refractivity contribution in [2.45, 2.75) is 37.5 Å². The van der Waals surface area contributed by atoms with Crippen molar-refractivity contribution >= 4 is 60.8 Å². The first-order valence-corrected chi connectivity index (χ1v) is 20.2. The van der Waals surface area contributed by atoms with E-state index in [0.29, 0.717) is 10.8 Å². The first-order chi connectivity index (χ1) is 27.2. The molecule has 0 saturated heterocycles. The average molecular weight is 707 g/mol. The van der Waals surface area contributed by atoms with Crippen LogP contribution in [-0.2, 0) is 5.41 Å². The van der Waals surface area contributed by atoms with Crippen molar-refractivity contribution < 1.29 is 4.42 Å². The van der Waals surface area contributed by atoms with Crippen LogP contribution in [-0.4, -0.2) is 4.57 Å². The Morgan fingerprint density at radius 3 is 2.04 bits per heavy atom. The highest BCUT2D eigenvalue weighted by molar-refractivity contribution is 6.13. The maximum absolute atomic E-state index is 6.59. The van der Waals surface area contributed by atoms with Crippen molar-refractivity contribution in [1.29, 1.82) is 0 Å². The molecule has 5 fully saturated rings. The number of anilines is 3. The van der Waals surface area contributed by atoms with Crippen molar-refractivity contribution in [2.24, 2.45) is 22.7 Å². The smallest absolute Gasteiger partial charge is 0.143 e. The minimum atomic E-state index is 0.121. The largest absolute Gasteiger partial charge is 0.455 e. The minimum Gasteiger partial charge on any atom is -0.455 e. The number of rotatable bonds is 3. The molecule has 3 heteroatoms. The zero-order chi connectivity index (χ0) is 35.7. The molecular formula is C52H38N2O. The van der Waals surface area contributed by atoms with Gasteiger partial charge in [-0.3, -0.25) is 0 Å². The number of para-hydroxylation sites is 6. The Morgan fingerprint density at radius 2 is 1.20 bits per heavy atom. The first kappa shape index (κ1) is 29.3. The molecule has 5 aliphatic carbocycles. The summed E-state index contributed by atoms with van der Waals surface area (Å²) >= 11 is 0. The minimum absolute atomic E-state index is 0.121. The Balaban J connectivity index is 0.986. The van der Waals surface area contributed by atoms with Crippen LogP contribution in [0.4, 0.5) is 17.1 Å². The van der Waals surface area contributed by atoms with E-state index in [4.69, 9.17) is 4.42 Å². The van der Waals surface area contributed by atoms with Gasteiger partial charge in [0.05, 0.1) is 28.1 Å². The quantitative estimate of drug-likeness (QED) is 0.182. The van der Waals surface area contributed by atoms with E-state index in [1.807, 2.05) is 6.07 Å². The van der Waals surface area contributed by atoms with Crippen LogP contribution in [0.25, 0.3) is 60.6 Å². The van der Waals surface area contributed by atoms with Gasteiger partial charge < -0.3 is 13.9 Å². The monoisotopic (exact) mass is 706 g/mol. The molecule has 0 radical (unpaired) electrons. The molecule has 6 aliphatic rings. The Morgan fingerprint density at radius 1 is 0.527 bits per heavy atom. The normalized spacial score (nSPS) is 25.0. The lowest BCUT2D eigenvalue weighted by molar-refractivity contribution is 0.117. The van der Waals surface area contributed by atoms with E-state index < -0.39 is 0 Å². The van der Waals surface area contributed by atoms with Crippen LogP contribution in [0, 0.1) is 22.7 Å².